The van der Waals surface area contributed by atoms with Gasteiger partial charge in [0, 0.05) is 65.4 Å². The average molecular weight is 763 g/mol. The molecule has 3 heterocycles. The molecule has 0 bridgehead atoms. The lowest BCUT2D eigenvalue weighted by Gasteiger charge is -2.32. The summed E-state index contributed by atoms with van der Waals surface area (Å²) in [5, 5.41) is 3.21. The Kier molecular flexibility index (Phi) is 10.1. The molecule has 3 amide bonds. The van der Waals surface area contributed by atoms with E-state index in [-0.39, 0.29) is 93.6 Å². The molecule has 53 heavy (non-hydrogen) atoms. The zero-order valence-corrected chi connectivity index (χ0v) is 30.5. The van der Waals surface area contributed by atoms with Gasteiger partial charge in [-0.25, -0.2) is 8.78 Å². The first-order valence-electron chi connectivity index (χ1n) is 17.3. The Hall–Kier alpha value is -5.00. The summed E-state index contributed by atoms with van der Waals surface area (Å²) >= 11 is 14.0. The summed E-state index contributed by atoms with van der Waals surface area (Å²) in [6, 6.07) is 16.2. The number of hydrogen-bond acceptors (Lipinski definition) is 6. The summed E-state index contributed by atoms with van der Waals surface area (Å²) < 4.78 is 43.7. The van der Waals surface area contributed by atoms with Gasteiger partial charge in [-0.1, -0.05) is 66.5 Å². The molecule has 274 valence electrons. The standard InChI is InChI=1S/C40H35Cl2F2N3O6/c1-21(9-10-22(2)48)17-46-30-14-12-28(37(43)39(30)52-19-33(46)50)26-7-3-5-24(35(26)41)25-6-4-8-27(36(25)42)29-13-15-31-40(38(29)44)53-20-34(51)47(31)18-23-11-16-32(49)45-23/h3-8,12-15,21,23H,9-11,16-20H2,1-2H3,(H,45,49)/t21-,23-/m0/s1. The molecule has 1 N–H and O–H groups in total. The smallest absolute Gasteiger partial charge is 0.265 e. The Bertz CT molecular complexity index is 2180. The SMILES string of the molecule is CC(=O)CC[C@H](C)CN1C(=O)COc2c1ccc(-c1cccc(-c3cccc(-c4ccc5c(c4F)OCC(=O)N5C[C@@H]4CCC(=O)N4)c3Cl)c1Cl)c2F. The maximum absolute atomic E-state index is 16.3. The third-order valence-corrected chi connectivity index (χ3v) is 10.7. The van der Waals surface area contributed by atoms with E-state index < -0.39 is 11.6 Å². The Morgan fingerprint density at radius 3 is 1.77 bits per heavy atom. The molecule has 0 spiro atoms. The van der Waals surface area contributed by atoms with E-state index in [4.69, 9.17) is 32.7 Å². The molecule has 4 aromatic carbocycles. The highest BCUT2D eigenvalue weighted by atomic mass is 35.5. The van der Waals surface area contributed by atoms with Crippen molar-refractivity contribution in [2.24, 2.45) is 5.92 Å². The normalized spacial score (nSPS) is 17.2. The minimum atomic E-state index is -0.703. The highest BCUT2D eigenvalue weighted by Crippen LogP contribution is 2.47. The van der Waals surface area contributed by atoms with Crippen molar-refractivity contribution < 1.29 is 37.4 Å². The summed E-state index contributed by atoms with van der Waals surface area (Å²) in [4.78, 5) is 51.8. The van der Waals surface area contributed by atoms with E-state index in [2.05, 4.69) is 5.32 Å². The van der Waals surface area contributed by atoms with E-state index >= 15 is 8.78 Å². The van der Waals surface area contributed by atoms with Crippen LogP contribution in [0.25, 0.3) is 33.4 Å². The quantitative estimate of drug-likeness (QED) is 0.176. The first-order chi connectivity index (χ1) is 25.4. The van der Waals surface area contributed by atoms with E-state index in [0.29, 0.717) is 60.2 Å². The molecule has 0 unspecified atom stereocenters. The van der Waals surface area contributed by atoms with Crippen molar-refractivity contribution in [3.05, 3.63) is 82.3 Å². The Morgan fingerprint density at radius 2 is 1.28 bits per heavy atom. The predicted molar refractivity (Wildman–Crippen MR) is 199 cm³/mol. The van der Waals surface area contributed by atoms with Gasteiger partial charge in [-0.3, -0.25) is 14.4 Å². The van der Waals surface area contributed by atoms with Crippen LogP contribution in [0.4, 0.5) is 20.2 Å². The zero-order chi connectivity index (χ0) is 37.6. The number of amides is 3. The second-order valence-electron chi connectivity index (χ2n) is 13.6. The van der Waals surface area contributed by atoms with Crippen LogP contribution in [0, 0.1) is 17.6 Å². The minimum absolute atomic E-state index is 0.00318. The molecule has 0 aliphatic carbocycles. The van der Waals surface area contributed by atoms with Crippen LogP contribution in [-0.4, -0.2) is 55.8 Å². The first-order valence-corrected chi connectivity index (χ1v) is 18.1. The van der Waals surface area contributed by atoms with Crippen LogP contribution in [-0.2, 0) is 19.2 Å². The van der Waals surface area contributed by atoms with Crippen molar-refractivity contribution in [2.75, 3.05) is 36.1 Å². The summed E-state index contributed by atoms with van der Waals surface area (Å²) in [5.74, 6) is -2.23. The number of carbonyl (C=O) groups is 4. The lowest BCUT2D eigenvalue weighted by molar-refractivity contribution is -0.122. The van der Waals surface area contributed by atoms with Gasteiger partial charge >= 0.3 is 0 Å². The number of ketones is 1. The summed E-state index contributed by atoms with van der Waals surface area (Å²) in [5.41, 5.74) is 2.48. The van der Waals surface area contributed by atoms with Gasteiger partial charge in [0.1, 0.15) is 5.78 Å². The van der Waals surface area contributed by atoms with Crippen LogP contribution in [0.15, 0.2) is 60.7 Å². The molecule has 3 aliphatic rings. The van der Waals surface area contributed by atoms with E-state index in [1.165, 1.54) is 22.8 Å². The van der Waals surface area contributed by atoms with Crippen molar-refractivity contribution in [3.63, 3.8) is 0 Å². The van der Waals surface area contributed by atoms with Crippen molar-refractivity contribution >= 4 is 58.1 Å². The highest BCUT2D eigenvalue weighted by Gasteiger charge is 2.34. The number of Topliss-reactive ketones (excluding diaryl/α,β-unsaturated/α-hetero) is 1. The fourth-order valence-corrected chi connectivity index (χ4v) is 7.74. The molecule has 0 saturated carbocycles. The molecule has 7 rings (SSSR count). The molecule has 13 heteroatoms. The molecule has 3 aliphatic heterocycles. The molecule has 9 nitrogen and oxygen atoms in total. The number of halogens is 4. The van der Waals surface area contributed by atoms with Crippen molar-refractivity contribution in [2.45, 2.75) is 45.6 Å². The van der Waals surface area contributed by atoms with Crippen LogP contribution < -0.4 is 24.6 Å². The second kappa shape index (κ2) is 14.8. The number of nitrogens with one attached hydrogen (secondary N) is 1. The van der Waals surface area contributed by atoms with Crippen LogP contribution in [0.1, 0.15) is 39.5 Å². The lowest BCUT2D eigenvalue weighted by Crippen LogP contribution is -2.46. The number of carbonyl (C=O) groups excluding carboxylic acids is 4. The van der Waals surface area contributed by atoms with Gasteiger partial charge in [0.25, 0.3) is 11.8 Å². The molecular weight excluding hydrogens is 727 g/mol. The summed E-state index contributed by atoms with van der Waals surface area (Å²) in [6.45, 7) is 3.27. The summed E-state index contributed by atoms with van der Waals surface area (Å²) in [7, 11) is 0. The number of hydrogen-bond donors (Lipinski definition) is 1. The molecule has 1 saturated heterocycles. The van der Waals surface area contributed by atoms with Gasteiger partial charge in [0.2, 0.25) is 5.91 Å². The van der Waals surface area contributed by atoms with E-state index in [1.807, 2.05) is 6.92 Å². The molecule has 0 radical (unpaired) electrons. The Morgan fingerprint density at radius 1 is 0.792 bits per heavy atom. The van der Waals surface area contributed by atoms with Gasteiger partial charge < -0.3 is 29.4 Å². The maximum atomic E-state index is 16.3. The average Bonchev–Trinajstić information content (AvgIpc) is 3.55. The van der Waals surface area contributed by atoms with Crippen molar-refractivity contribution in [3.8, 4) is 44.9 Å². The van der Waals surface area contributed by atoms with Crippen LogP contribution in [0.5, 0.6) is 11.5 Å². The number of anilines is 2. The van der Waals surface area contributed by atoms with E-state index in [9.17, 15) is 19.2 Å². The zero-order valence-electron chi connectivity index (χ0n) is 28.9. The number of nitrogens with zero attached hydrogens (tertiary/aromatic N) is 2. The van der Waals surface area contributed by atoms with Crippen molar-refractivity contribution in [1.29, 1.82) is 0 Å². The van der Waals surface area contributed by atoms with Gasteiger partial charge in [-0.05, 0) is 49.9 Å². The monoisotopic (exact) mass is 761 g/mol. The Labute approximate surface area is 314 Å². The minimum Gasteiger partial charge on any atom is -0.478 e. The summed E-state index contributed by atoms with van der Waals surface area (Å²) in [6.07, 6.45) is 1.92. The number of rotatable bonds is 10. The maximum Gasteiger partial charge on any atom is 0.265 e. The predicted octanol–water partition coefficient (Wildman–Crippen LogP) is 8.01. The molecular formula is C40H35Cl2F2N3O6. The van der Waals surface area contributed by atoms with Crippen LogP contribution in [0.3, 0.4) is 0 Å². The molecule has 1 fully saturated rings. The third-order valence-electron chi connectivity index (χ3n) is 9.86. The van der Waals surface area contributed by atoms with Crippen LogP contribution in [0.2, 0.25) is 10.0 Å². The third kappa shape index (κ3) is 6.95. The van der Waals surface area contributed by atoms with Gasteiger partial charge in [-0.2, -0.15) is 0 Å². The number of benzene rings is 4. The Balaban J connectivity index is 1.20. The molecule has 2 atom stereocenters. The van der Waals surface area contributed by atoms with Gasteiger partial charge in [0.15, 0.2) is 36.3 Å². The first kappa shape index (κ1) is 36.4. The fourth-order valence-electron chi connectivity index (χ4n) is 7.08. The van der Waals surface area contributed by atoms with Gasteiger partial charge in [0.05, 0.1) is 21.4 Å². The topological polar surface area (TPSA) is 105 Å². The van der Waals surface area contributed by atoms with Gasteiger partial charge in [-0.15, -0.1) is 0 Å². The fraction of sp³-hybridized carbons (Fsp3) is 0.300. The van der Waals surface area contributed by atoms with Crippen molar-refractivity contribution in [1.82, 2.24) is 5.32 Å². The molecule has 4 aromatic rings. The number of fused-ring (bicyclic) bond motifs is 2. The lowest BCUT2D eigenvalue weighted by atomic mass is 9.94. The largest absolute Gasteiger partial charge is 0.478 e. The number of ether oxygens (including phenoxy) is 2. The molecule has 0 aromatic heterocycles. The second-order valence-corrected chi connectivity index (χ2v) is 14.4. The van der Waals surface area contributed by atoms with E-state index in [1.54, 1.807) is 54.6 Å². The van der Waals surface area contributed by atoms with E-state index in [0.717, 1.165) is 0 Å². The van der Waals surface area contributed by atoms with Crippen LogP contribution >= 0.6 is 23.2 Å². The highest BCUT2D eigenvalue weighted by molar-refractivity contribution is 6.39.